The Morgan fingerprint density at radius 2 is 1.76 bits per heavy atom. The first-order valence-corrected chi connectivity index (χ1v) is 18.1. The first-order valence-electron chi connectivity index (χ1n) is 16.6. The van der Waals surface area contributed by atoms with E-state index in [-0.39, 0.29) is 42.3 Å². The van der Waals surface area contributed by atoms with E-state index in [1.807, 2.05) is 11.0 Å². The summed E-state index contributed by atoms with van der Waals surface area (Å²) in [4.78, 5) is 58.4. The Balaban J connectivity index is 0.00000156. The van der Waals surface area contributed by atoms with Gasteiger partial charge in [-0.15, -0.1) is 0 Å². The van der Waals surface area contributed by atoms with Gasteiger partial charge in [-0.25, -0.2) is 8.42 Å². The lowest BCUT2D eigenvalue weighted by Gasteiger charge is -2.49. The zero-order valence-corrected chi connectivity index (χ0v) is 28.6. The smallest absolute Gasteiger partial charge is 0.290 e. The molecule has 3 fully saturated rings. The molecule has 4 heterocycles. The number of amides is 3. The number of sulfonamides is 1. The minimum absolute atomic E-state index is 0.0620. The number of piperidine rings is 2. The molecule has 2 saturated heterocycles. The molecule has 2 atom stereocenters. The molecule has 6 N–H and O–H groups in total. The van der Waals surface area contributed by atoms with Crippen LogP contribution in [0.2, 0.25) is 0 Å². The van der Waals surface area contributed by atoms with Gasteiger partial charge in [-0.2, -0.15) is 4.31 Å². The number of rotatable bonds is 10. The maximum absolute atomic E-state index is 13.6. The van der Waals surface area contributed by atoms with E-state index < -0.39 is 33.9 Å². The van der Waals surface area contributed by atoms with E-state index >= 15 is 0 Å². The van der Waals surface area contributed by atoms with Crippen molar-refractivity contribution in [1.82, 2.24) is 30.5 Å². The van der Waals surface area contributed by atoms with Crippen LogP contribution >= 0.6 is 0 Å². The fraction of sp³-hybridized carbons (Fsp3) is 0.455. The van der Waals surface area contributed by atoms with Gasteiger partial charge in [0.15, 0.2) is 0 Å². The van der Waals surface area contributed by atoms with E-state index in [1.54, 1.807) is 55.5 Å². The molecule has 2 bridgehead atoms. The summed E-state index contributed by atoms with van der Waals surface area (Å²) in [5.41, 5.74) is 1.05. The monoisotopic (exact) mass is 709 g/mol. The van der Waals surface area contributed by atoms with E-state index in [9.17, 15) is 22.8 Å². The van der Waals surface area contributed by atoms with Crippen LogP contribution in [0.25, 0.3) is 0 Å². The Kier molecular flexibility index (Phi) is 12.0. The van der Waals surface area contributed by atoms with Crippen LogP contribution in [-0.2, 0) is 24.4 Å². The van der Waals surface area contributed by atoms with Gasteiger partial charge in [0.05, 0.1) is 24.5 Å². The second-order valence-electron chi connectivity index (χ2n) is 12.4. The minimum atomic E-state index is -3.86. The van der Waals surface area contributed by atoms with Crippen LogP contribution in [0.1, 0.15) is 43.0 Å². The lowest BCUT2D eigenvalue weighted by atomic mass is 9.76. The van der Waals surface area contributed by atoms with Gasteiger partial charge in [0.2, 0.25) is 33.8 Å². The summed E-state index contributed by atoms with van der Waals surface area (Å²) >= 11 is 0. The van der Waals surface area contributed by atoms with Crippen LogP contribution < -0.4 is 26.6 Å². The molecule has 0 spiro atoms. The number of nitrogens with zero attached hydrogens (tertiary/aromatic N) is 4. The predicted molar refractivity (Wildman–Crippen MR) is 186 cm³/mol. The maximum Gasteiger partial charge on any atom is 0.290 e. The third-order valence-electron chi connectivity index (χ3n) is 8.95. The number of carboxylic acid groups (broad SMARTS) is 1. The highest BCUT2D eigenvalue weighted by Gasteiger charge is 2.51. The molecular weight excluding hydrogens is 666 g/mol. The average molecular weight is 710 g/mol. The molecule has 4 aliphatic heterocycles. The molecule has 2 aromatic carbocycles. The van der Waals surface area contributed by atoms with Crippen molar-refractivity contribution in [2.75, 3.05) is 44.6 Å². The highest BCUT2D eigenvalue weighted by atomic mass is 32.2. The van der Waals surface area contributed by atoms with E-state index in [2.05, 4.69) is 36.6 Å². The van der Waals surface area contributed by atoms with Gasteiger partial charge in [-0.1, -0.05) is 24.3 Å². The number of hydrogen-bond acceptors (Lipinski definition) is 11. The Hall–Kier alpha value is -5.03. The second-order valence-corrected chi connectivity index (χ2v) is 14.2. The molecule has 268 valence electrons. The van der Waals surface area contributed by atoms with Crippen LogP contribution in [-0.4, -0.2) is 116 Å². The highest BCUT2D eigenvalue weighted by molar-refractivity contribution is 7.89. The fourth-order valence-electron chi connectivity index (χ4n) is 6.66. The molecule has 0 radical (unpaired) electrons. The number of carbonyl (C=O) groups is 4. The lowest BCUT2D eigenvalue weighted by Crippen LogP contribution is -2.63. The molecule has 3 amide bonds. The summed E-state index contributed by atoms with van der Waals surface area (Å²) in [5, 5.41) is 21.7. The summed E-state index contributed by atoms with van der Waals surface area (Å²) < 4.78 is 28.7. The standard InChI is InChI=1S/C32H41N9O5S.CH2O2/c1-21(38-30(44)28-22-10-12-25(13-11-22)41(28)47(45,46)26-8-3-2-4-9-26)19-36-27(42)20-37-29(43)23-6-5-7-24(18-23)39-32-35-16-17-40(32)31-33-14-15-34-31;2-1-3/h2-9,18,21-22,25,28H,10-17,19-20H2,1H3,(H,33,34)(H,35,39)(H,36,42)(H,37,43)(H,38,44);1H,(H,2,3). The summed E-state index contributed by atoms with van der Waals surface area (Å²) in [5.74, 6) is 0.178. The van der Waals surface area contributed by atoms with E-state index in [0.29, 0.717) is 30.3 Å². The minimum Gasteiger partial charge on any atom is -0.483 e. The summed E-state index contributed by atoms with van der Waals surface area (Å²) in [6.45, 7) is 4.22. The number of benzene rings is 2. The van der Waals surface area contributed by atoms with Crippen molar-refractivity contribution >= 4 is 51.8 Å². The van der Waals surface area contributed by atoms with Crippen molar-refractivity contribution < 1.29 is 32.7 Å². The van der Waals surface area contributed by atoms with Crippen molar-refractivity contribution in [2.45, 2.75) is 55.6 Å². The molecule has 1 aliphatic carbocycles. The summed E-state index contributed by atoms with van der Waals surface area (Å²) in [7, 11) is -3.86. The summed E-state index contributed by atoms with van der Waals surface area (Å²) in [6.07, 6.45) is 3.07. The number of anilines is 1. The average Bonchev–Trinajstić information content (AvgIpc) is 3.83. The summed E-state index contributed by atoms with van der Waals surface area (Å²) in [6, 6.07) is 13.7. The van der Waals surface area contributed by atoms with Crippen LogP contribution in [0.15, 0.2) is 69.5 Å². The van der Waals surface area contributed by atoms with Crippen LogP contribution in [0.3, 0.4) is 0 Å². The van der Waals surface area contributed by atoms with Crippen molar-refractivity contribution in [3.05, 3.63) is 60.2 Å². The van der Waals surface area contributed by atoms with Gasteiger partial charge in [-0.05, 0) is 68.9 Å². The third-order valence-corrected chi connectivity index (χ3v) is 10.9. The highest BCUT2D eigenvalue weighted by Crippen LogP contribution is 2.42. The van der Waals surface area contributed by atoms with Gasteiger partial charge in [0, 0.05) is 43.0 Å². The van der Waals surface area contributed by atoms with E-state index in [1.165, 1.54) is 4.31 Å². The zero-order valence-electron chi connectivity index (χ0n) is 27.7. The van der Waals surface area contributed by atoms with Crippen molar-refractivity contribution in [3.63, 3.8) is 0 Å². The molecule has 16 nitrogen and oxygen atoms in total. The molecule has 5 aliphatic rings. The van der Waals surface area contributed by atoms with Crippen molar-refractivity contribution in [1.29, 1.82) is 0 Å². The number of aliphatic imine (C=N–C) groups is 2. The molecule has 2 unspecified atom stereocenters. The van der Waals surface area contributed by atoms with Gasteiger partial charge >= 0.3 is 0 Å². The molecule has 2 aromatic rings. The Bertz CT molecular complexity index is 1710. The first kappa shape index (κ1) is 36.3. The fourth-order valence-corrected chi connectivity index (χ4v) is 8.58. The van der Waals surface area contributed by atoms with Gasteiger partial charge in [0.1, 0.15) is 6.04 Å². The SMILES string of the molecule is CC(CNC(=O)CNC(=O)c1cccc(NC2=NCCN2C2=NCCN2)c1)NC(=O)C1C2CCC(CC2)N1S(=O)(=O)c1ccccc1.O=CO. The van der Waals surface area contributed by atoms with Gasteiger partial charge < -0.3 is 31.7 Å². The molecule has 50 heavy (non-hydrogen) atoms. The second kappa shape index (κ2) is 16.6. The van der Waals surface area contributed by atoms with E-state index in [4.69, 9.17) is 9.90 Å². The largest absolute Gasteiger partial charge is 0.483 e. The Morgan fingerprint density at radius 1 is 1.02 bits per heavy atom. The number of hydrogen-bond donors (Lipinski definition) is 6. The molecule has 7 rings (SSSR count). The number of nitrogens with one attached hydrogen (secondary N) is 5. The maximum atomic E-state index is 13.6. The number of carbonyl (C=O) groups excluding carboxylic acids is 3. The number of guanidine groups is 2. The van der Waals surface area contributed by atoms with Crippen LogP contribution in [0.5, 0.6) is 0 Å². The zero-order chi connectivity index (χ0) is 35.7. The lowest BCUT2D eigenvalue weighted by molar-refractivity contribution is -0.131. The Morgan fingerprint density at radius 3 is 2.46 bits per heavy atom. The van der Waals surface area contributed by atoms with Gasteiger partial charge in [-0.3, -0.25) is 34.1 Å². The molecule has 17 heteroatoms. The first-order chi connectivity index (χ1) is 24.1. The predicted octanol–water partition coefficient (Wildman–Crippen LogP) is 0.413. The quantitative estimate of drug-likeness (QED) is 0.187. The van der Waals surface area contributed by atoms with Crippen molar-refractivity contribution in [3.8, 4) is 0 Å². The normalized spacial score (nSPS) is 21.8. The van der Waals surface area contributed by atoms with Crippen molar-refractivity contribution in [2.24, 2.45) is 15.9 Å². The van der Waals surface area contributed by atoms with Gasteiger partial charge in [0.25, 0.3) is 12.4 Å². The third kappa shape index (κ3) is 8.57. The molecular formula is C33H43N9O7S. The van der Waals surface area contributed by atoms with Crippen LogP contribution in [0.4, 0.5) is 5.69 Å². The number of fused-ring (bicyclic) bond motifs is 3. The Labute approximate surface area is 290 Å². The van der Waals surface area contributed by atoms with E-state index in [0.717, 1.165) is 44.7 Å². The molecule has 0 aromatic heterocycles. The van der Waals surface area contributed by atoms with Crippen LogP contribution in [0, 0.1) is 5.92 Å². The topological polar surface area (TPSA) is 214 Å². The molecule has 1 saturated carbocycles.